The number of aryl methyl sites for hydroxylation is 2. The van der Waals surface area contributed by atoms with Gasteiger partial charge in [0.2, 0.25) is 0 Å². The average Bonchev–Trinajstić information content (AvgIpc) is 2.91. The molecule has 41 heavy (non-hydrogen) atoms. The van der Waals surface area contributed by atoms with Crippen LogP contribution in [0.15, 0.2) is 58.3 Å². The normalized spacial score (nSPS) is 34.8. The van der Waals surface area contributed by atoms with E-state index in [1.165, 1.54) is 24.3 Å². The van der Waals surface area contributed by atoms with Crippen LogP contribution in [-0.4, -0.2) is 104 Å². The lowest BCUT2D eigenvalue weighted by molar-refractivity contribution is -0.313. The third-order valence-electron chi connectivity index (χ3n) is 7.96. The molecule has 2 fully saturated rings. The molecule has 2 heterocycles. The molecule has 2 aromatic carbocycles. The Morgan fingerprint density at radius 1 is 0.756 bits per heavy atom. The maximum Gasteiger partial charge on any atom is 0.186 e. The molecule has 10 atom stereocenters. The average molecular weight is 615 g/mol. The first-order valence-corrected chi connectivity index (χ1v) is 16.6. The molecule has 11 nitrogen and oxygen atoms in total. The fourth-order valence-electron chi connectivity index (χ4n) is 5.21. The lowest BCUT2D eigenvalue weighted by Crippen LogP contribution is -2.64. The summed E-state index contributed by atoms with van der Waals surface area (Å²) in [4.78, 5) is -0.247. The molecule has 13 heteroatoms. The predicted octanol–water partition coefficient (Wildman–Crippen LogP) is 0.528. The molecular weight excluding hydrogens is 576 g/mol. The van der Waals surface area contributed by atoms with Crippen molar-refractivity contribution in [2.24, 2.45) is 5.92 Å². The van der Waals surface area contributed by atoms with E-state index in [-0.39, 0.29) is 9.79 Å². The zero-order chi connectivity index (χ0) is 30.3. The molecule has 0 amide bonds. The molecule has 0 radical (unpaired) electrons. The molecule has 0 saturated carbocycles. The van der Waals surface area contributed by atoms with E-state index in [9.17, 15) is 37.3 Å². The van der Waals surface area contributed by atoms with Gasteiger partial charge in [0.1, 0.15) is 35.8 Å². The highest BCUT2D eigenvalue weighted by molar-refractivity contribution is 7.92. The van der Waals surface area contributed by atoms with Gasteiger partial charge in [-0.15, -0.1) is 0 Å². The minimum Gasteiger partial charge on any atom is -0.394 e. The largest absolute Gasteiger partial charge is 0.394 e. The first-order valence-electron chi connectivity index (χ1n) is 13.4. The Hall–Kier alpha value is -1.94. The molecule has 2 aromatic rings. The van der Waals surface area contributed by atoms with Gasteiger partial charge in [0.25, 0.3) is 0 Å². The fourth-order valence-corrected chi connectivity index (χ4v) is 8.53. The summed E-state index contributed by atoms with van der Waals surface area (Å²) in [6.07, 6.45) is -11.3. The Labute approximate surface area is 240 Å². The smallest absolute Gasteiger partial charge is 0.186 e. The van der Waals surface area contributed by atoms with Crippen LogP contribution in [0.25, 0.3) is 0 Å². The van der Waals surface area contributed by atoms with Gasteiger partial charge in [0.05, 0.1) is 34.4 Å². The molecule has 4 N–H and O–H groups in total. The van der Waals surface area contributed by atoms with Gasteiger partial charge in [-0.1, -0.05) is 42.3 Å². The third-order valence-corrected chi connectivity index (χ3v) is 11.9. The van der Waals surface area contributed by atoms with E-state index in [4.69, 9.17) is 14.2 Å². The van der Waals surface area contributed by atoms with Crippen molar-refractivity contribution in [3.8, 4) is 0 Å². The Bertz CT molecular complexity index is 1390. The fraction of sp³-hybridized carbons (Fsp3) is 0.571. The Balaban J connectivity index is 1.72. The van der Waals surface area contributed by atoms with E-state index < -0.39 is 92.2 Å². The minimum absolute atomic E-state index is 0.0558. The first-order chi connectivity index (χ1) is 19.2. The van der Waals surface area contributed by atoms with Crippen molar-refractivity contribution in [1.29, 1.82) is 0 Å². The van der Waals surface area contributed by atoms with Crippen molar-refractivity contribution in [1.82, 2.24) is 0 Å². The molecule has 0 aliphatic carbocycles. The number of rotatable bonds is 8. The summed E-state index contributed by atoms with van der Waals surface area (Å²) in [5, 5.41) is 41.4. The van der Waals surface area contributed by atoms with E-state index in [0.717, 1.165) is 11.1 Å². The number of aliphatic hydroxyl groups excluding tert-OH is 4. The predicted molar refractivity (Wildman–Crippen MR) is 148 cm³/mol. The topological polar surface area (TPSA) is 177 Å². The standard InChI is InChI=1S/C28H38O11S2/c1-15-5-9-19(10-6-15)40(33,34)14-22-24(31)27(41(35,36)20-11-7-16(2)8-12-20)25(32)28(38-22)39-26-21(13-29)37-18(4)17(3)23(26)30/h5-12,17-18,21-32H,13-14H2,1-4H3/t17?,18-,21?,22?,23+,24+,25?,26+,27-,28-/m0/s1. The van der Waals surface area contributed by atoms with Gasteiger partial charge in [-0.3, -0.25) is 0 Å². The Morgan fingerprint density at radius 3 is 1.83 bits per heavy atom. The lowest BCUT2D eigenvalue weighted by atomic mass is 9.88. The van der Waals surface area contributed by atoms with Gasteiger partial charge in [0, 0.05) is 5.92 Å². The van der Waals surface area contributed by atoms with E-state index in [1.54, 1.807) is 52.0 Å². The van der Waals surface area contributed by atoms with Crippen molar-refractivity contribution < 1.29 is 51.5 Å². The van der Waals surface area contributed by atoms with Gasteiger partial charge < -0.3 is 34.6 Å². The number of hydrogen-bond donors (Lipinski definition) is 4. The van der Waals surface area contributed by atoms with E-state index in [2.05, 4.69) is 0 Å². The van der Waals surface area contributed by atoms with Crippen LogP contribution in [0.2, 0.25) is 0 Å². The molecular formula is C28H38O11S2. The molecule has 0 bridgehead atoms. The molecule has 2 aliphatic rings. The Morgan fingerprint density at radius 2 is 1.29 bits per heavy atom. The lowest BCUT2D eigenvalue weighted by Gasteiger charge is -2.47. The van der Waals surface area contributed by atoms with Crippen LogP contribution in [0.3, 0.4) is 0 Å². The van der Waals surface area contributed by atoms with Crippen molar-refractivity contribution >= 4 is 19.7 Å². The molecule has 2 aliphatic heterocycles. The van der Waals surface area contributed by atoms with Crippen molar-refractivity contribution in [2.75, 3.05) is 12.4 Å². The maximum atomic E-state index is 13.8. The van der Waals surface area contributed by atoms with Gasteiger partial charge in [-0.05, 0) is 45.0 Å². The maximum absolute atomic E-state index is 13.8. The van der Waals surface area contributed by atoms with Gasteiger partial charge >= 0.3 is 0 Å². The molecule has 0 aromatic heterocycles. The zero-order valence-corrected chi connectivity index (χ0v) is 24.9. The van der Waals surface area contributed by atoms with Crippen LogP contribution in [0, 0.1) is 19.8 Å². The van der Waals surface area contributed by atoms with Crippen LogP contribution in [-0.2, 0) is 33.9 Å². The Kier molecular flexibility index (Phi) is 9.63. The van der Waals surface area contributed by atoms with Crippen molar-refractivity contribution in [2.45, 2.75) is 91.8 Å². The van der Waals surface area contributed by atoms with E-state index in [0.29, 0.717) is 0 Å². The van der Waals surface area contributed by atoms with Crippen LogP contribution >= 0.6 is 0 Å². The number of hydrogen-bond acceptors (Lipinski definition) is 11. The monoisotopic (exact) mass is 614 g/mol. The van der Waals surface area contributed by atoms with Crippen molar-refractivity contribution in [3.05, 3.63) is 59.7 Å². The number of aliphatic hydroxyl groups is 4. The summed E-state index contributed by atoms with van der Waals surface area (Å²) in [6.45, 7) is 6.41. The summed E-state index contributed by atoms with van der Waals surface area (Å²) >= 11 is 0. The summed E-state index contributed by atoms with van der Waals surface area (Å²) < 4.78 is 71.5. The zero-order valence-electron chi connectivity index (χ0n) is 23.3. The minimum atomic E-state index is -4.46. The second kappa shape index (κ2) is 12.3. The summed E-state index contributed by atoms with van der Waals surface area (Å²) in [6, 6.07) is 11.8. The summed E-state index contributed by atoms with van der Waals surface area (Å²) in [7, 11) is -8.56. The second-order valence-electron chi connectivity index (χ2n) is 11.0. The van der Waals surface area contributed by atoms with Gasteiger partial charge in [0.15, 0.2) is 26.0 Å². The highest BCUT2D eigenvalue weighted by atomic mass is 32.2. The number of benzene rings is 2. The van der Waals surface area contributed by atoms with Gasteiger partial charge in [-0.2, -0.15) is 0 Å². The van der Waals surface area contributed by atoms with Gasteiger partial charge in [-0.25, -0.2) is 16.8 Å². The summed E-state index contributed by atoms with van der Waals surface area (Å²) in [5.41, 5.74) is 1.61. The van der Waals surface area contributed by atoms with Crippen molar-refractivity contribution in [3.63, 3.8) is 0 Å². The quantitative estimate of drug-likeness (QED) is 0.326. The summed E-state index contributed by atoms with van der Waals surface area (Å²) in [5.74, 6) is -1.27. The van der Waals surface area contributed by atoms with Crippen LogP contribution in [0.4, 0.5) is 0 Å². The van der Waals surface area contributed by atoms with E-state index in [1.807, 2.05) is 0 Å². The highest BCUT2D eigenvalue weighted by Gasteiger charge is 2.54. The molecule has 4 rings (SSSR count). The molecule has 2 saturated heterocycles. The molecule has 0 spiro atoms. The third kappa shape index (κ3) is 6.53. The van der Waals surface area contributed by atoms with Crippen LogP contribution < -0.4 is 0 Å². The highest BCUT2D eigenvalue weighted by Crippen LogP contribution is 2.35. The van der Waals surface area contributed by atoms with Crippen LogP contribution in [0.5, 0.6) is 0 Å². The first kappa shape index (κ1) is 32.0. The molecule has 228 valence electrons. The van der Waals surface area contributed by atoms with E-state index >= 15 is 0 Å². The molecule has 4 unspecified atom stereocenters. The SMILES string of the molecule is Cc1ccc(S(=O)(=O)CC2O[C@@H](O[C@@H]3C(CO)O[C@@H](C)C(C)[C@H]3O)C(O)[C@@H](S(=O)(=O)c3ccc(C)cc3)[C@@H]2O)cc1. The number of sulfone groups is 2. The van der Waals surface area contributed by atoms with Crippen LogP contribution in [0.1, 0.15) is 25.0 Å². The number of ether oxygens (including phenoxy) is 3. The second-order valence-corrected chi connectivity index (χ2v) is 15.1.